The van der Waals surface area contributed by atoms with Crippen LogP contribution >= 0.6 is 0 Å². The molecule has 0 spiro atoms. The topological polar surface area (TPSA) is 47.9 Å². The Hall–Kier alpha value is -1.06. The third-order valence-electron chi connectivity index (χ3n) is 4.89. The Morgan fingerprint density at radius 3 is 2.76 bits per heavy atom. The van der Waals surface area contributed by atoms with Gasteiger partial charge in [0.25, 0.3) is 0 Å². The molecule has 0 aromatic heterocycles. The molecule has 2 aliphatic carbocycles. The van der Waals surface area contributed by atoms with E-state index in [9.17, 15) is 4.79 Å². The Kier molecular flexibility index (Phi) is 2.92. The van der Waals surface area contributed by atoms with Crippen molar-refractivity contribution >= 4 is 11.7 Å². The van der Waals surface area contributed by atoms with Crippen molar-refractivity contribution in [3.63, 3.8) is 0 Å². The maximum Gasteiger partial charge on any atom is 0.302 e. The summed E-state index contributed by atoms with van der Waals surface area (Å²) in [5, 5.41) is 4.18. The Balaban J connectivity index is 2.30. The molecule has 0 aliphatic heterocycles. The Morgan fingerprint density at radius 2 is 2.24 bits per heavy atom. The summed E-state index contributed by atoms with van der Waals surface area (Å²) >= 11 is 0. The molecular weight excluding hydrogens is 218 g/mol. The molecule has 17 heavy (non-hydrogen) atoms. The molecule has 2 unspecified atom stereocenters. The van der Waals surface area contributed by atoms with Crippen LogP contribution in [0.3, 0.4) is 0 Å². The number of fused-ring (bicyclic) bond motifs is 2. The fourth-order valence-electron chi connectivity index (χ4n) is 3.60. The van der Waals surface area contributed by atoms with Crippen LogP contribution in [0.1, 0.15) is 40.0 Å². The number of esters is 1. The number of hydrogen-bond acceptors (Lipinski definition) is 4. The van der Waals surface area contributed by atoms with Crippen LogP contribution in [0.2, 0.25) is 0 Å². The normalized spacial score (nSPS) is 36.2. The molecule has 4 heteroatoms. The van der Waals surface area contributed by atoms with E-state index < -0.39 is 0 Å². The van der Waals surface area contributed by atoms with Crippen LogP contribution in [-0.2, 0) is 14.4 Å². The zero-order chi connectivity index (χ0) is 12.7. The average molecular weight is 239 g/mol. The quantitative estimate of drug-likeness (QED) is 0.561. The zero-order valence-corrected chi connectivity index (χ0v) is 11.1. The summed E-state index contributed by atoms with van der Waals surface area (Å²) in [5.41, 5.74) is 1.10. The van der Waals surface area contributed by atoms with Gasteiger partial charge in [0.05, 0.1) is 11.1 Å². The molecule has 96 valence electrons. The molecule has 2 rings (SSSR count). The monoisotopic (exact) mass is 239 g/mol. The van der Waals surface area contributed by atoms with E-state index in [2.05, 4.69) is 19.0 Å². The van der Waals surface area contributed by atoms with Crippen molar-refractivity contribution in [2.45, 2.75) is 40.0 Å². The van der Waals surface area contributed by atoms with Crippen molar-refractivity contribution in [2.75, 3.05) is 13.7 Å². The predicted molar refractivity (Wildman–Crippen MR) is 64.6 cm³/mol. The lowest BCUT2D eigenvalue weighted by atomic mass is 9.69. The Labute approximate surface area is 102 Å². The molecule has 2 bridgehead atoms. The molecule has 0 N–H and O–H groups in total. The maximum atomic E-state index is 11.1. The van der Waals surface area contributed by atoms with Crippen LogP contribution < -0.4 is 0 Å². The van der Waals surface area contributed by atoms with Crippen LogP contribution in [0.25, 0.3) is 0 Å². The van der Waals surface area contributed by atoms with Crippen LogP contribution in [-0.4, -0.2) is 25.4 Å². The van der Waals surface area contributed by atoms with Gasteiger partial charge in [0.2, 0.25) is 0 Å². The summed E-state index contributed by atoms with van der Waals surface area (Å²) in [5.74, 6) is 0.411. The molecule has 0 aromatic rings. The van der Waals surface area contributed by atoms with Crippen molar-refractivity contribution in [2.24, 2.45) is 21.9 Å². The molecule has 4 nitrogen and oxygen atoms in total. The summed E-state index contributed by atoms with van der Waals surface area (Å²) in [7, 11) is 1.57. The highest BCUT2D eigenvalue weighted by Crippen LogP contribution is 2.64. The lowest BCUT2D eigenvalue weighted by Gasteiger charge is -2.37. The summed E-state index contributed by atoms with van der Waals surface area (Å²) in [6, 6.07) is 0. The van der Waals surface area contributed by atoms with Gasteiger partial charge in [-0.05, 0) is 30.6 Å². The highest BCUT2D eigenvalue weighted by molar-refractivity contribution is 5.94. The smallest absolute Gasteiger partial charge is 0.302 e. The van der Waals surface area contributed by atoms with Gasteiger partial charge in [-0.2, -0.15) is 0 Å². The third kappa shape index (κ3) is 1.65. The molecule has 0 amide bonds. The predicted octanol–water partition coefficient (Wildman–Crippen LogP) is 2.38. The average Bonchev–Trinajstić information content (AvgIpc) is 2.61. The Morgan fingerprint density at radius 1 is 1.53 bits per heavy atom. The minimum Gasteiger partial charge on any atom is -0.465 e. The second kappa shape index (κ2) is 4.00. The van der Waals surface area contributed by atoms with Crippen LogP contribution in [0, 0.1) is 16.7 Å². The van der Waals surface area contributed by atoms with Gasteiger partial charge in [-0.15, -0.1) is 0 Å². The molecular formula is C13H21NO3. The number of rotatable bonds is 3. The van der Waals surface area contributed by atoms with E-state index in [1.54, 1.807) is 7.11 Å². The highest BCUT2D eigenvalue weighted by atomic mass is 16.6. The van der Waals surface area contributed by atoms with E-state index in [1.165, 1.54) is 13.3 Å². The second-order valence-electron chi connectivity index (χ2n) is 5.74. The van der Waals surface area contributed by atoms with Gasteiger partial charge in [0, 0.05) is 6.92 Å². The van der Waals surface area contributed by atoms with Gasteiger partial charge in [0.15, 0.2) is 0 Å². The number of ether oxygens (including phenoxy) is 1. The number of oxime groups is 1. The molecule has 2 fully saturated rings. The lowest BCUT2D eigenvalue weighted by Crippen LogP contribution is -2.41. The van der Waals surface area contributed by atoms with Gasteiger partial charge in [0.1, 0.15) is 13.7 Å². The molecule has 0 heterocycles. The Bertz CT molecular complexity index is 362. The number of nitrogens with zero attached hydrogens (tertiary/aromatic N) is 1. The number of carbonyl (C=O) groups is 1. The molecule has 0 radical (unpaired) electrons. The van der Waals surface area contributed by atoms with Crippen molar-refractivity contribution in [3.05, 3.63) is 0 Å². The third-order valence-corrected chi connectivity index (χ3v) is 4.89. The first-order valence-electron chi connectivity index (χ1n) is 6.18. The van der Waals surface area contributed by atoms with Gasteiger partial charge < -0.3 is 9.57 Å². The molecule has 2 aliphatic rings. The summed E-state index contributed by atoms with van der Waals surface area (Å²) in [6.45, 7) is 6.41. The zero-order valence-electron chi connectivity index (χ0n) is 11.1. The molecule has 2 saturated carbocycles. The van der Waals surface area contributed by atoms with Crippen molar-refractivity contribution < 1.29 is 14.4 Å². The van der Waals surface area contributed by atoms with E-state index in [0.717, 1.165) is 18.6 Å². The van der Waals surface area contributed by atoms with E-state index in [-0.39, 0.29) is 16.8 Å². The fraction of sp³-hybridized carbons (Fsp3) is 0.846. The van der Waals surface area contributed by atoms with Gasteiger partial charge >= 0.3 is 5.97 Å². The summed E-state index contributed by atoms with van der Waals surface area (Å²) < 4.78 is 5.28. The highest BCUT2D eigenvalue weighted by Gasteiger charge is 2.63. The van der Waals surface area contributed by atoms with Crippen molar-refractivity contribution in [1.82, 2.24) is 0 Å². The molecule has 0 aromatic carbocycles. The van der Waals surface area contributed by atoms with Crippen LogP contribution in [0.15, 0.2) is 5.16 Å². The lowest BCUT2D eigenvalue weighted by molar-refractivity contribution is -0.144. The van der Waals surface area contributed by atoms with Crippen LogP contribution in [0.4, 0.5) is 0 Å². The minimum atomic E-state index is -0.220. The largest absolute Gasteiger partial charge is 0.465 e. The van der Waals surface area contributed by atoms with Gasteiger partial charge in [-0.25, -0.2) is 0 Å². The van der Waals surface area contributed by atoms with Crippen molar-refractivity contribution in [1.29, 1.82) is 0 Å². The van der Waals surface area contributed by atoms with E-state index in [0.29, 0.717) is 12.5 Å². The minimum absolute atomic E-state index is 0.112. The first kappa shape index (κ1) is 12.4. The maximum absolute atomic E-state index is 11.1. The van der Waals surface area contributed by atoms with E-state index in [4.69, 9.17) is 9.57 Å². The van der Waals surface area contributed by atoms with Gasteiger partial charge in [-0.3, -0.25) is 4.79 Å². The standard InChI is InChI=1S/C13H21NO3/c1-9(15)17-8-13-6-5-10(12(13,2)3)7-11(13)14-16-4/h10H,5-8H2,1-4H3/b14-11+. The fourth-order valence-corrected chi connectivity index (χ4v) is 3.60. The van der Waals surface area contributed by atoms with Crippen molar-refractivity contribution in [3.8, 4) is 0 Å². The van der Waals surface area contributed by atoms with Gasteiger partial charge in [-0.1, -0.05) is 19.0 Å². The number of carbonyl (C=O) groups excluding carboxylic acids is 1. The summed E-state index contributed by atoms with van der Waals surface area (Å²) in [6.07, 6.45) is 3.21. The number of hydrogen-bond donors (Lipinski definition) is 0. The van der Waals surface area contributed by atoms with E-state index >= 15 is 0 Å². The molecule has 2 atom stereocenters. The first-order chi connectivity index (χ1) is 7.94. The second-order valence-corrected chi connectivity index (χ2v) is 5.74. The first-order valence-corrected chi connectivity index (χ1v) is 6.18. The van der Waals surface area contributed by atoms with Crippen LogP contribution in [0.5, 0.6) is 0 Å². The molecule has 0 saturated heterocycles. The summed E-state index contributed by atoms with van der Waals surface area (Å²) in [4.78, 5) is 16.0. The SMILES string of the molecule is CO/N=C1\CC2CCC1(COC(C)=O)C2(C)C. The van der Waals surface area contributed by atoms with E-state index in [1.807, 2.05) is 0 Å².